The number of anilines is 1. The van der Waals surface area contributed by atoms with Gasteiger partial charge in [-0.25, -0.2) is 9.97 Å². The van der Waals surface area contributed by atoms with Gasteiger partial charge in [-0.05, 0) is 31.9 Å². The van der Waals surface area contributed by atoms with Gasteiger partial charge >= 0.3 is 0 Å². The van der Waals surface area contributed by atoms with Crippen molar-refractivity contribution in [1.29, 1.82) is 0 Å². The molecule has 1 saturated carbocycles. The van der Waals surface area contributed by atoms with Gasteiger partial charge in [0.15, 0.2) is 5.82 Å². The molecule has 0 aromatic carbocycles. The lowest BCUT2D eigenvalue weighted by molar-refractivity contribution is 0.0987. The molecule has 2 N–H and O–H groups in total. The Bertz CT molecular complexity index is 1420. The number of fused-ring (bicyclic) bond motifs is 2. The van der Waals surface area contributed by atoms with Gasteiger partial charge in [0.25, 0.3) is 5.56 Å². The second-order valence-corrected chi connectivity index (χ2v) is 9.45. The number of nitrogens with zero attached hydrogens (tertiary/aromatic N) is 4. The lowest BCUT2D eigenvalue weighted by atomic mass is 9.99. The van der Waals surface area contributed by atoms with E-state index in [0.717, 1.165) is 35.0 Å². The van der Waals surface area contributed by atoms with E-state index in [4.69, 9.17) is 21.3 Å². The molecule has 5 heterocycles. The highest BCUT2D eigenvalue weighted by Crippen LogP contribution is 2.48. The van der Waals surface area contributed by atoms with E-state index in [0.29, 0.717) is 47.6 Å². The van der Waals surface area contributed by atoms with Crippen LogP contribution in [0.2, 0.25) is 5.15 Å². The third-order valence-corrected chi connectivity index (χ3v) is 6.85. The van der Waals surface area contributed by atoms with E-state index < -0.39 is 0 Å². The maximum absolute atomic E-state index is 13.0. The average Bonchev–Trinajstić information content (AvgIpc) is 3.38. The Morgan fingerprint density at radius 2 is 2.06 bits per heavy atom. The number of morpholine rings is 1. The SMILES string of the molecule is C[C@@H]1COCCN1c1nc(Cl)cc2[nH]c(-c3cc4c(C5(C)CC5)nccc4[nH]c3=O)nc12. The van der Waals surface area contributed by atoms with E-state index in [2.05, 4.69) is 38.7 Å². The molecular weight excluding hydrogens is 428 g/mol. The van der Waals surface area contributed by atoms with E-state index in [1.807, 2.05) is 12.1 Å². The van der Waals surface area contributed by atoms with Crippen molar-refractivity contribution in [3.63, 3.8) is 0 Å². The lowest BCUT2D eigenvalue weighted by Crippen LogP contribution is -2.44. The maximum Gasteiger partial charge on any atom is 0.259 e. The zero-order valence-corrected chi connectivity index (χ0v) is 18.7. The first-order valence-corrected chi connectivity index (χ1v) is 11.2. The second-order valence-electron chi connectivity index (χ2n) is 9.06. The van der Waals surface area contributed by atoms with Gasteiger partial charge in [-0.3, -0.25) is 9.78 Å². The first-order chi connectivity index (χ1) is 15.4. The van der Waals surface area contributed by atoms with Gasteiger partial charge in [0.05, 0.1) is 41.5 Å². The summed E-state index contributed by atoms with van der Waals surface area (Å²) in [5, 5.41) is 1.34. The highest BCUT2D eigenvalue weighted by atomic mass is 35.5. The Morgan fingerprint density at radius 1 is 1.22 bits per heavy atom. The van der Waals surface area contributed by atoms with Crippen LogP contribution >= 0.6 is 11.6 Å². The Hall–Kier alpha value is -2.97. The molecule has 1 aliphatic carbocycles. The Morgan fingerprint density at radius 3 is 2.84 bits per heavy atom. The number of ether oxygens (including phenoxy) is 1. The third-order valence-electron chi connectivity index (χ3n) is 6.66. The zero-order valence-electron chi connectivity index (χ0n) is 17.9. The standard InChI is InChI=1S/C23H23ClN6O2/c1-12-11-32-8-7-30(12)21-18-16(10-17(24)28-21)26-20(29-18)14-9-13-15(27-22(14)31)3-6-25-19(13)23(2)4-5-23/h3,6,9-10,12H,4-5,7-8,11H2,1-2H3,(H,26,29)(H,27,31)/t12-/m1/s1. The van der Waals surface area contributed by atoms with Gasteiger partial charge < -0.3 is 19.6 Å². The van der Waals surface area contributed by atoms with E-state index >= 15 is 0 Å². The number of halogens is 1. The van der Waals surface area contributed by atoms with Crippen molar-refractivity contribution in [2.45, 2.75) is 38.1 Å². The first-order valence-electron chi connectivity index (χ1n) is 10.9. The molecule has 0 bridgehead atoms. The van der Waals surface area contributed by atoms with Crippen LogP contribution in [0.25, 0.3) is 33.3 Å². The van der Waals surface area contributed by atoms with Crippen LogP contribution in [0.5, 0.6) is 0 Å². The number of aromatic nitrogens is 5. The number of pyridine rings is 3. The van der Waals surface area contributed by atoms with Crippen molar-refractivity contribution in [1.82, 2.24) is 24.9 Å². The molecule has 1 aliphatic heterocycles. The summed E-state index contributed by atoms with van der Waals surface area (Å²) >= 11 is 6.34. The van der Waals surface area contributed by atoms with Crippen molar-refractivity contribution in [3.05, 3.63) is 45.6 Å². The van der Waals surface area contributed by atoms with Crippen molar-refractivity contribution >= 4 is 39.4 Å². The van der Waals surface area contributed by atoms with Crippen LogP contribution in [-0.4, -0.2) is 50.7 Å². The average molecular weight is 451 g/mol. The largest absolute Gasteiger partial charge is 0.377 e. The predicted molar refractivity (Wildman–Crippen MR) is 124 cm³/mol. The Kier molecular flexibility index (Phi) is 4.32. The van der Waals surface area contributed by atoms with Gasteiger partial charge in [0.2, 0.25) is 0 Å². The molecule has 8 nitrogen and oxygen atoms in total. The smallest absolute Gasteiger partial charge is 0.259 e. The molecule has 2 aliphatic rings. The molecule has 9 heteroatoms. The van der Waals surface area contributed by atoms with Crippen LogP contribution in [-0.2, 0) is 10.2 Å². The van der Waals surface area contributed by atoms with Crippen molar-refractivity contribution in [2.24, 2.45) is 0 Å². The highest BCUT2D eigenvalue weighted by molar-refractivity contribution is 6.30. The second kappa shape index (κ2) is 7.02. The molecular formula is C23H23ClN6O2. The lowest BCUT2D eigenvalue weighted by Gasteiger charge is -2.34. The van der Waals surface area contributed by atoms with Crippen LogP contribution in [0.3, 0.4) is 0 Å². The number of hydrogen-bond acceptors (Lipinski definition) is 6. The molecule has 0 unspecified atom stereocenters. The van der Waals surface area contributed by atoms with Gasteiger partial charge in [-0.2, -0.15) is 0 Å². The fraction of sp³-hybridized carbons (Fsp3) is 0.391. The topological polar surface area (TPSA) is 99.8 Å². The molecule has 0 spiro atoms. The highest BCUT2D eigenvalue weighted by Gasteiger charge is 2.41. The summed E-state index contributed by atoms with van der Waals surface area (Å²) in [7, 11) is 0. The quantitative estimate of drug-likeness (QED) is 0.460. The fourth-order valence-electron chi connectivity index (χ4n) is 4.55. The number of aromatic amines is 2. The maximum atomic E-state index is 13.0. The molecule has 1 atom stereocenters. The van der Waals surface area contributed by atoms with E-state index in [1.165, 1.54) is 0 Å². The summed E-state index contributed by atoms with van der Waals surface area (Å²) in [6, 6.07) is 5.64. The number of imidazole rings is 1. The molecule has 1 saturated heterocycles. The predicted octanol–water partition coefficient (Wildman–Crippen LogP) is 3.79. The Balaban J connectivity index is 1.54. The molecule has 164 valence electrons. The molecule has 32 heavy (non-hydrogen) atoms. The number of H-pyrrole nitrogens is 2. The first kappa shape index (κ1) is 19.7. The summed E-state index contributed by atoms with van der Waals surface area (Å²) in [6.07, 6.45) is 3.97. The van der Waals surface area contributed by atoms with Crippen LogP contribution in [0.4, 0.5) is 5.82 Å². The summed E-state index contributed by atoms with van der Waals surface area (Å²) < 4.78 is 5.57. The zero-order chi connectivity index (χ0) is 22.0. The van der Waals surface area contributed by atoms with E-state index in [-0.39, 0.29) is 17.0 Å². The van der Waals surface area contributed by atoms with E-state index in [1.54, 1.807) is 12.3 Å². The molecule has 4 aromatic rings. The Labute approximate surface area is 189 Å². The summed E-state index contributed by atoms with van der Waals surface area (Å²) in [6.45, 7) is 6.24. The molecule has 2 fully saturated rings. The summed E-state index contributed by atoms with van der Waals surface area (Å²) in [5.74, 6) is 1.20. The van der Waals surface area contributed by atoms with Gasteiger partial charge in [-0.15, -0.1) is 0 Å². The molecule has 4 aromatic heterocycles. The number of hydrogen-bond donors (Lipinski definition) is 2. The van der Waals surface area contributed by atoms with Crippen molar-refractivity contribution in [2.75, 3.05) is 24.7 Å². The third kappa shape index (κ3) is 3.09. The summed E-state index contributed by atoms with van der Waals surface area (Å²) in [4.78, 5) is 35.5. The van der Waals surface area contributed by atoms with Crippen LogP contribution in [0.15, 0.2) is 29.2 Å². The van der Waals surface area contributed by atoms with Gasteiger partial charge in [0.1, 0.15) is 16.5 Å². The fourth-order valence-corrected chi connectivity index (χ4v) is 4.73. The molecule has 6 rings (SSSR count). The van der Waals surface area contributed by atoms with Crippen LogP contribution in [0.1, 0.15) is 32.4 Å². The minimum absolute atomic E-state index is 0.0694. The summed E-state index contributed by atoms with van der Waals surface area (Å²) in [5.41, 5.74) is 3.60. The van der Waals surface area contributed by atoms with Crippen molar-refractivity contribution < 1.29 is 4.74 Å². The van der Waals surface area contributed by atoms with E-state index in [9.17, 15) is 4.79 Å². The molecule has 0 amide bonds. The van der Waals surface area contributed by atoms with Gasteiger partial charge in [-0.1, -0.05) is 18.5 Å². The van der Waals surface area contributed by atoms with Gasteiger partial charge in [0, 0.05) is 29.6 Å². The molecule has 0 radical (unpaired) electrons. The minimum Gasteiger partial charge on any atom is -0.377 e. The van der Waals surface area contributed by atoms with Crippen LogP contribution < -0.4 is 10.5 Å². The number of nitrogens with one attached hydrogen (secondary N) is 2. The van der Waals surface area contributed by atoms with Crippen LogP contribution in [0, 0.1) is 0 Å². The normalized spacial score (nSPS) is 20.2. The number of rotatable bonds is 3. The monoisotopic (exact) mass is 450 g/mol. The minimum atomic E-state index is -0.199. The van der Waals surface area contributed by atoms with Crippen molar-refractivity contribution in [3.8, 4) is 11.4 Å².